The number of aliphatic hydroxyl groups excluding tert-OH is 1. The summed E-state index contributed by atoms with van der Waals surface area (Å²) >= 11 is 1.62. The van der Waals surface area contributed by atoms with Crippen molar-refractivity contribution >= 4 is 11.3 Å². The van der Waals surface area contributed by atoms with Gasteiger partial charge in [-0.25, -0.2) is 0 Å². The lowest BCUT2D eigenvalue weighted by Gasteiger charge is -2.33. The van der Waals surface area contributed by atoms with E-state index >= 15 is 0 Å². The standard InChI is InChI=1S/C22H23F3O2S/c1-15-10-12-17(28-15)8-5-9-19-18(13-11-16-6-3-2-4-7-16)20(26)14-21(19,27)22(23,24)25/h2-4,6-7,10,12,18-20,26-27H,5,8-9,14H2,1H3/t18-,19-,20-,21+/m1/s1. The molecule has 0 saturated heterocycles. The Balaban J connectivity index is 1.80. The topological polar surface area (TPSA) is 40.5 Å². The van der Waals surface area contributed by atoms with Crippen LogP contribution in [-0.2, 0) is 6.42 Å². The molecule has 1 aromatic heterocycles. The van der Waals surface area contributed by atoms with Crippen LogP contribution in [0.5, 0.6) is 0 Å². The minimum atomic E-state index is -4.80. The molecule has 0 spiro atoms. The molecule has 0 radical (unpaired) electrons. The van der Waals surface area contributed by atoms with E-state index in [9.17, 15) is 23.4 Å². The van der Waals surface area contributed by atoms with E-state index < -0.39 is 36.1 Å². The van der Waals surface area contributed by atoms with E-state index in [2.05, 4.69) is 11.8 Å². The molecule has 0 amide bonds. The van der Waals surface area contributed by atoms with Gasteiger partial charge < -0.3 is 10.2 Å². The predicted molar refractivity (Wildman–Crippen MR) is 104 cm³/mol. The maximum atomic E-state index is 13.7. The van der Waals surface area contributed by atoms with E-state index in [1.165, 1.54) is 0 Å². The molecule has 2 aromatic rings. The summed E-state index contributed by atoms with van der Waals surface area (Å²) in [6, 6.07) is 12.9. The fraction of sp³-hybridized carbons (Fsp3) is 0.455. The van der Waals surface area contributed by atoms with Crippen LogP contribution in [-0.4, -0.2) is 28.1 Å². The van der Waals surface area contributed by atoms with Crippen LogP contribution in [0.2, 0.25) is 0 Å². The summed E-state index contributed by atoms with van der Waals surface area (Å²) in [5.41, 5.74) is -2.24. The molecule has 1 fully saturated rings. The van der Waals surface area contributed by atoms with Gasteiger partial charge in [-0.15, -0.1) is 11.3 Å². The van der Waals surface area contributed by atoms with E-state index in [4.69, 9.17) is 0 Å². The Hall–Kier alpha value is -1.81. The summed E-state index contributed by atoms with van der Waals surface area (Å²) in [6.07, 6.45) is -5.54. The van der Waals surface area contributed by atoms with Gasteiger partial charge in [-0.05, 0) is 50.5 Å². The molecule has 2 N–H and O–H groups in total. The van der Waals surface area contributed by atoms with Crippen molar-refractivity contribution in [2.24, 2.45) is 11.8 Å². The van der Waals surface area contributed by atoms with Gasteiger partial charge in [-0.2, -0.15) is 13.2 Å². The monoisotopic (exact) mass is 408 g/mol. The molecular formula is C22H23F3O2S. The zero-order valence-electron chi connectivity index (χ0n) is 15.5. The molecule has 150 valence electrons. The summed E-state index contributed by atoms with van der Waals surface area (Å²) in [7, 11) is 0. The fourth-order valence-corrected chi connectivity index (χ4v) is 4.84. The van der Waals surface area contributed by atoms with Gasteiger partial charge in [-0.1, -0.05) is 30.0 Å². The van der Waals surface area contributed by atoms with Crippen molar-refractivity contribution in [3.05, 3.63) is 57.8 Å². The maximum Gasteiger partial charge on any atom is 0.417 e. The fourth-order valence-electron chi connectivity index (χ4n) is 3.91. The molecule has 1 aliphatic carbocycles. The van der Waals surface area contributed by atoms with E-state index in [1.807, 2.05) is 25.1 Å². The molecule has 0 bridgehead atoms. The van der Waals surface area contributed by atoms with Gasteiger partial charge in [-0.3, -0.25) is 0 Å². The second kappa shape index (κ2) is 8.28. The Labute approximate surface area is 167 Å². The lowest BCUT2D eigenvalue weighted by Crippen LogP contribution is -2.49. The Kier molecular flexibility index (Phi) is 6.18. The van der Waals surface area contributed by atoms with Crippen LogP contribution in [0, 0.1) is 30.6 Å². The van der Waals surface area contributed by atoms with Crippen molar-refractivity contribution in [1.29, 1.82) is 0 Å². The summed E-state index contributed by atoms with van der Waals surface area (Å²) in [5.74, 6) is 3.61. The Morgan fingerprint density at radius 1 is 1.18 bits per heavy atom. The van der Waals surface area contributed by atoms with Gasteiger partial charge in [0.2, 0.25) is 0 Å². The van der Waals surface area contributed by atoms with Crippen molar-refractivity contribution in [2.45, 2.75) is 50.5 Å². The zero-order valence-corrected chi connectivity index (χ0v) is 16.4. The first-order chi connectivity index (χ1) is 13.2. The van der Waals surface area contributed by atoms with Gasteiger partial charge in [0.1, 0.15) is 0 Å². The Morgan fingerprint density at radius 2 is 1.89 bits per heavy atom. The van der Waals surface area contributed by atoms with E-state index in [1.54, 1.807) is 35.6 Å². The SMILES string of the molecule is Cc1ccc(CCC[C@@H]2[C@@H](C#Cc3ccccc3)[C@H](O)C[C@@]2(O)C(F)(F)F)s1. The molecule has 3 rings (SSSR count). The molecular weight excluding hydrogens is 385 g/mol. The molecule has 2 nitrogen and oxygen atoms in total. The molecule has 1 heterocycles. The number of rotatable bonds is 4. The van der Waals surface area contributed by atoms with Crippen LogP contribution in [0.4, 0.5) is 13.2 Å². The highest BCUT2D eigenvalue weighted by Gasteiger charge is 2.65. The van der Waals surface area contributed by atoms with Crippen LogP contribution in [0.3, 0.4) is 0 Å². The largest absolute Gasteiger partial charge is 0.417 e. The number of aliphatic hydroxyl groups is 2. The molecule has 1 aromatic carbocycles. The number of hydrogen-bond donors (Lipinski definition) is 2. The van der Waals surface area contributed by atoms with Crippen LogP contribution in [0.25, 0.3) is 0 Å². The highest BCUT2D eigenvalue weighted by Crippen LogP contribution is 2.51. The second-order valence-electron chi connectivity index (χ2n) is 7.37. The van der Waals surface area contributed by atoms with Crippen molar-refractivity contribution in [3.8, 4) is 11.8 Å². The minimum Gasteiger partial charge on any atom is -0.392 e. The van der Waals surface area contributed by atoms with Gasteiger partial charge >= 0.3 is 6.18 Å². The highest BCUT2D eigenvalue weighted by atomic mass is 32.1. The first-order valence-electron chi connectivity index (χ1n) is 9.30. The Morgan fingerprint density at radius 3 is 2.50 bits per heavy atom. The lowest BCUT2D eigenvalue weighted by atomic mass is 9.81. The second-order valence-corrected chi connectivity index (χ2v) is 8.74. The summed E-state index contributed by atoms with van der Waals surface area (Å²) < 4.78 is 41.0. The third-order valence-corrected chi connectivity index (χ3v) is 6.42. The number of thiophene rings is 1. The van der Waals surface area contributed by atoms with Crippen molar-refractivity contribution in [3.63, 3.8) is 0 Å². The molecule has 28 heavy (non-hydrogen) atoms. The normalized spacial score (nSPS) is 27.4. The smallest absolute Gasteiger partial charge is 0.392 e. The average Bonchev–Trinajstić information content (AvgIpc) is 3.15. The minimum absolute atomic E-state index is 0.151. The summed E-state index contributed by atoms with van der Waals surface area (Å²) in [4.78, 5) is 2.27. The predicted octanol–water partition coefficient (Wildman–Crippen LogP) is 4.72. The van der Waals surface area contributed by atoms with Crippen molar-refractivity contribution in [1.82, 2.24) is 0 Å². The van der Waals surface area contributed by atoms with Crippen LogP contribution in [0.15, 0.2) is 42.5 Å². The van der Waals surface area contributed by atoms with Gasteiger partial charge in [0.05, 0.1) is 12.0 Å². The quantitative estimate of drug-likeness (QED) is 0.719. The van der Waals surface area contributed by atoms with Crippen LogP contribution in [0.1, 0.15) is 34.6 Å². The number of alkyl halides is 3. The van der Waals surface area contributed by atoms with Crippen LogP contribution < -0.4 is 0 Å². The molecule has 4 atom stereocenters. The van der Waals surface area contributed by atoms with Gasteiger partial charge in [0.25, 0.3) is 0 Å². The van der Waals surface area contributed by atoms with Crippen molar-refractivity contribution in [2.75, 3.05) is 0 Å². The average molecular weight is 408 g/mol. The Bertz CT molecular complexity index is 850. The third kappa shape index (κ3) is 4.43. The van der Waals surface area contributed by atoms with E-state index in [0.717, 1.165) is 9.75 Å². The molecule has 6 heteroatoms. The first kappa shape index (κ1) is 20.9. The van der Waals surface area contributed by atoms with Crippen LogP contribution >= 0.6 is 11.3 Å². The third-order valence-electron chi connectivity index (χ3n) is 5.36. The summed E-state index contributed by atoms with van der Waals surface area (Å²) in [5, 5.41) is 20.8. The summed E-state index contributed by atoms with van der Waals surface area (Å²) in [6.45, 7) is 1.99. The van der Waals surface area contributed by atoms with Gasteiger partial charge in [0.15, 0.2) is 5.60 Å². The molecule has 1 saturated carbocycles. The van der Waals surface area contributed by atoms with E-state index in [0.29, 0.717) is 18.4 Å². The maximum absolute atomic E-state index is 13.7. The lowest BCUT2D eigenvalue weighted by molar-refractivity contribution is -0.275. The van der Waals surface area contributed by atoms with Gasteiger partial charge in [0, 0.05) is 27.7 Å². The molecule has 1 aliphatic rings. The number of halogens is 3. The van der Waals surface area contributed by atoms with E-state index in [-0.39, 0.29) is 6.42 Å². The molecule has 0 unspecified atom stereocenters. The number of hydrogen-bond acceptors (Lipinski definition) is 3. The van der Waals surface area contributed by atoms with Crippen molar-refractivity contribution < 1.29 is 23.4 Å². The highest BCUT2D eigenvalue weighted by molar-refractivity contribution is 7.11. The molecule has 0 aliphatic heterocycles. The number of benzene rings is 1. The zero-order chi connectivity index (χ0) is 20.4. The first-order valence-corrected chi connectivity index (χ1v) is 10.1. The number of aryl methyl sites for hydroxylation is 2.